The summed E-state index contributed by atoms with van der Waals surface area (Å²) >= 11 is 0. The molecule has 160 valence electrons. The zero-order valence-electron chi connectivity index (χ0n) is 18.7. The molecule has 0 atom stereocenters. The van der Waals surface area contributed by atoms with Crippen LogP contribution in [0, 0.1) is 22.7 Å². The van der Waals surface area contributed by atoms with E-state index < -0.39 is 0 Å². The largest absolute Gasteiger partial charge is 0.192 e. The summed E-state index contributed by atoms with van der Waals surface area (Å²) in [6.45, 7) is 0. The lowest BCUT2D eigenvalue weighted by Gasteiger charge is -2.07. The molecule has 4 aromatic rings. The summed E-state index contributed by atoms with van der Waals surface area (Å²) in [5.41, 5.74) is 8.59. The van der Waals surface area contributed by atoms with Crippen LogP contribution < -0.4 is 0 Å². The fourth-order valence-electron chi connectivity index (χ4n) is 4.10. The topological polar surface area (TPSA) is 47.6 Å². The second kappa shape index (κ2) is 10.9. The first-order chi connectivity index (χ1) is 16.2. The van der Waals surface area contributed by atoms with Crippen molar-refractivity contribution >= 4 is 0 Å². The molecule has 0 heterocycles. The van der Waals surface area contributed by atoms with Crippen molar-refractivity contribution in [1.82, 2.24) is 0 Å². The summed E-state index contributed by atoms with van der Waals surface area (Å²) in [6.07, 6.45) is 5.75. The molecule has 0 fully saturated rings. The second-order valence-electron chi connectivity index (χ2n) is 8.34. The van der Waals surface area contributed by atoms with Gasteiger partial charge in [-0.1, -0.05) is 79.2 Å². The highest BCUT2D eigenvalue weighted by atomic mass is 14.2. The van der Waals surface area contributed by atoms with Gasteiger partial charge in [-0.05, 0) is 83.3 Å². The van der Waals surface area contributed by atoms with Crippen LogP contribution in [-0.2, 0) is 12.8 Å². The summed E-state index contributed by atoms with van der Waals surface area (Å²) in [5, 5.41) is 18.2. The lowest BCUT2D eigenvalue weighted by Crippen LogP contribution is -1.90. The Balaban J connectivity index is 1.23. The van der Waals surface area contributed by atoms with Crippen LogP contribution in [0.5, 0.6) is 0 Å². The molecule has 0 aliphatic heterocycles. The van der Waals surface area contributed by atoms with Crippen molar-refractivity contribution in [2.24, 2.45) is 0 Å². The van der Waals surface area contributed by atoms with Gasteiger partial charge in [-0.3, -0.25) is 0 Å². The van der Waals surface area contributed by atoms with Crippen LogP contribution in [-0.4, -0.2) is 0 Å². The predicted octanol–water partition coefficient (Wildman–Crippen LogP) is 7.72. The van der Waals surface area contributed by atoms with Crippen molar-refractivity contribution in [2.45, 2.75) is 32.1 Å². The lowest BCUT2D eigenvalue weighted by atomic mass is 9.98. The van der Waals surface area contributed by atoms with E-state index >= 15 is 0 Å². The van der Waals surface area contributed by atoms with E-state index in [0.29, 0.717) is 11.1 Å². The van der Waals surface area contributed by atoms with Crippen molar-refractivity contribution < 1.29 is 0 Å². The smallest absolute Gasteiger partial charge is 0.0991 e. The minimum absolute atomic E-state index is 0.694. The van der Waals surface area contributed by atoms with E-state index in [1.165, 1.54) is 30.4 Å². The van der Waals surface area contributed by atoms with Crippen molar-refractivity contribution in [1.29, 1.82) is 10.5 Å². The molecule has 0 saturated carbocycles. The quantitative estimate of drug-likeness (QED) is 0.271. The molecular formula is C31H26N2. The monoisotopic (exact) mass is 426 g/mol. The number of rotatable bonds is 8. The molecule has 4 aromatic carbocycles. The number of benzene rings is 4. The molecule has 0 bridgehead atoms. The minimum atomic E-state index is 0.694. The van der Waals surface area contributed by atoms with Crippen LogP contribution in [0.25, 0.3) is 22.3 Å². The number of unbranched alkanes of at least 4 members (excludes halogenated alkanes) is 2. The van der Waals surface area contributed by atoms with E-state index in [1.54, 1.807) is 0 Å². The van der Waals surface area contributed by atoms with E-state index in [-0.39, 0.29) is 0 Å². The average molecular weight is 427 g/mol. The molecule has 4 rings (SSSR count). The first-order valence-electron chi connectivity index (χ1n) is 11.4. The number of hydrogen-bond acceptors (Lipinski definition) is 2. The van der Waals surface area contributed by atoms with Crippen molar-refractivity contribution in [3.05, 3.63) is 119 Å². The predicted molar refractivity (Wildman–Crippen MR) is 134 cm³/mol. The highest BCUT2D eigenvalue weighted by molar-refractivity contribution is 5.66. The SMILES string of the molecule is N#Cc1cccc(-c2ccc(CCCCCc3ccc(-c4cccc(C#N)c4)cc3)cc2)c1. The summed E-state index contributed by atoms with van der Waals surface area (Å²) in [4.78, 5) is 0. The van der Waals surface area contributed by atoms with Crippen LogP contribution in [0.2, 0.25) is 0 Å². The Bertz CT molecular complexity index is 1180. The third-order valence-corrected chi connectivity index (χ3v) is 5.99. The molecule has 0 amide bonds. The fraction of sp³-hybridized carbons (Fsp3) is 0.161. The van der Waals surface area contributed by atoms with Crippen LogP contribution in [0.15, 0.2) is 97.1 Å². The molecule has 0 N–H and O–H groups in total. The van der Waals surface area contributed by atoms with Gasteiger partial charge in [0.15, 0.2) is 0 Å². The number of hydrogen-bond donors (Lipinski definition) is 0. The Kier molecular flexibility index (Phi) is 7.32. The highest BCUT2D eigenvalue weighted by Gasteiger charge is 2.02. The summed E-state index contributed by atoms with van der Waals surface area (Å²) in [6, 6.07) is 37.3. The van der Waals surface area contributed by atoms with E-state index in [2.05, 4.69) is 60.7 Å². The molecule has 33 heavy (non-hydrogen) atoms. The highest BCUT2D eigenvalue weighted by Crippen LogP contribution is 2.23. The Hall–Kier alpha value is -4.14. The normalized spacial score (nSPS) is 10.4. The van der Waals surface area contributed by atoms with Gasteiger partial charge in [0.05, 0.1) is 23.3 Å². The molecule has 0 unspecified atom stereocenters. The zero-order chi connectivity index (χ0) is 22.9. The molecule has 0 spiro atoms. The average Bonchev–Trinajstić information content (AvgIpc) is 2.89. The zero-order valence-corrected chi connectivity index (χ0v) is 18.7. The van der Waals surface area contributed by atoms with E-state index in [9.17, 15) is 0 Å². The molecular weight excluding hydrogens is 400 g/mol. The Morgan fingerprint density at radius 2 is 0.879 bits per heavy atom. The van der Waals surface area contributed by atoms with Gasteiger partial charge in [-0.25, -0.2) is 0 Å². The minimum Gasteiger partial charge on any atom is -0.192 e. The van der Waals surface area contributed by atoms with Crippen LogP contribution >= 0.6 is 0 Å². The Morgan fingerprint density at radius 3 is 1.27 bits per heavy atom. The van der Waals surface area contributed by atoms with Gasteiger partial charge in [0.2, 0.25) is 0 Å². The fourth-order valence-corrected chi connectivity index (χ4v) is 4.10. The van der Waals surface area contributed by atoms with Gasteiger partial charge in [0.25, 0.3) is 0 Å². The van der Waals surface area contributed by atoms with Gasteiger partial charge in [0, 0.05) is 0 Å². The van der Waals surface area contributed by atoms with E-state index in [0.717, 1.165) is 35.1 Å². The Morgan fingerprint density at radius 1 is 0.455 bits per heavy atom. The maximum Gasteiger partial charge on any atom is 0.0991 e. The molecule has 2 nitrogen and oxygen atoms in total. The van der Waals surface area contributed by atoms with Crippen molar-refractivity contribution in [3.8, 4) is 34.4 Å². The third-order valence-electron chi connectivity index (χ3n) is 5.99. The van der Waals surface area contributed by atoms with Crippen molar-refractivity contribution in [3.63, 3.8) is 0 Å². The molecule has 0 aliphatic rings. The standard InChI is InChI=1S/C31H26N2/c32-22-26-8-4-10-30(20-26)28-16-12-24(13-17-28)6-2-1-3-7-25-14-18-29(19-15-25)31-11-5-9-27(21-31)23-33/h4-5,8-21H,1-3,6-7H2. The van der Waals surface area contributed by atoms with Gasteiger partial charge in [-0.15, -0.1) is 0 Å². The third kappa shape index (κ3) is 5.97. The first-order valence-corrected chi connectivity index (χ1v) is 11.4. The molecule has 0 aliphatic carbocycles. The van der Waals surface area contributed by atoms with Crippen molar-refractivity contribution in [2.75, 3.05) is 0 Å². The molecule has 0 radical (unpaired) electrons. The van der Waals surface area contributed by atoms with Crippen LogP contribution in [0.3, 0.4) is 0 Å². The van der Waals surface area contributed by atoms with Gasteiger partial charge < -0.3 is 0 Å². The van der Waals surface area contributed by atoms with E-state index in [4.69, 9.17) is 10.5 Å². The van der Waals surface area contributed by atoms with Gasteiger partial charge in [-0.2, -0.15) is 10.5 Å². The van der Waals surface area contributed by atoms with Crippen LogP contribution in [0.4, 0.5) is 0 Å². The second-order valence-corrected chi connectivity index (χ2v) is 8.34. The van der Waals surface area contributed by atoms with Gasteiger partial charge in [0.1, 0.15) is 0 Å². The van der Waals surface area contributed by atoms with Gasteiger partial charge >= 0.3 is 0 Å². The van der Waals surface area contributed by atoms with E-state index in [1.807, 2.05) is 48.5 Å². The number of nitrogens with zero attached hydrogens (tertiary/aromatic N) is 2. The maximum absolute atomic E-state index is 9.08. The maximum atomic E-state index is 9.08. The summed E-state index contributed by atoms with van der Waals surface area (Å²) < 4.78 is 0. The van der Waals surface area contributed by atoms with Crippen LogP contribution in [0.1, 0.15) is 41.5 Å². The number of aryl methyl sites for hydroxylation is 2. The first kappa shape index (κ1) is 22.1. The summed E-state index contributed by atoms with van der Waals surface area (Å²) in [7, 11) is 0. The number of nitriles is 2. The summed E-state index contributed by atoms with van der Waals surface area (Å²) in [5.74, 6) is 0. The molecule has 0 aromatic heterocycles. The molecule has 0 saturated heterocycles. The Labute approximate surface area is 196 Å². The molecule has 2 heteroatoms. The lowest BCUT2D eigenvalue weighted by molar-refractivity contribution is 0.678.